The van der Waals surface area contributed by atoms with Gasteiger partial charge in [-0.1, -0.05) is 6.07 Å². The van der Waals surface area contributed by atoms with Gasteiger partial charge in [-0.15, -0.1) is 0 Å². The van der Waals surface area contributed by atoms with Crippen LogP contribution in [-0.2, 0) is 16.0 Å². The normalized spacial score (nSPS) is 23.6. The van der Waals surface area contributed by atoms with Gasteiger partial charge in [0.1, 0.15) is 11.5 Å². The van der Waals surface area contributed by atoms with Crippen LogP contribution in [0.25, 0.3) is 0 Å². The summed E-state index contributed by atoms with van der Waals surface area (Å²) < 4.78 is 16.7. The average Bonchev–Trinajstić information content (AvgIpc) is 3.12. The number of fused-ring (bicyclic) bond motifs is 1. The first-order valence-electron chi connectivity index (χ1n) is 7.49. The Kier molecular flexibility index (Phi) is 4.29. The van der Waals surface area contributed by atoms with Crippen molar-refractivity contribution in [1.82, 2.24) is 0 Å². The number of ether oxygens (including phenoxy) is 3. The van der Waals surface area contributed by atoms with Gasteiger partial charge in [-0.3, -0.25) is 0 Å². The molecule has 2 aliphatic rings. The van der Waals surface area contributed by atoms with Crippen LogP contribution in [0.2, 0.25) is 0 Å². The van der Waals surface area contributed by atoms with Crippen LogP contribution in [0, 0.1) is 0 Å². The lowest BCUT2D eigenvalue weighted by atomic mass is 10.1. The van der Waals surface area contributed by atoms with Crippen LogP contribution in [0.3, 0.4) is 0 Å². The lowest BCUT2D eigenvalue weighted by molar-refractivity contribution is -0.144. The number of hydrogen-bond acceptors (Lipinski definition) is 4. The molecule has 0 bridgehead atoms. The summed E-state index contributed by atoms with van der Waals surface area (Å²) in [4.78, 5) is 10.9. The van der Waals surface area contributed by atoms with Crippen molar-refractivity contribution in [2.75, 3.05) is 13.2 Å². The monoisotopic (exact) mass is 292 g/mol. The number of hydrogen-bond donors (Lipinski definition) is 1. The van der Waals surface area contributed by atoms with E-state index in [4.69, 9.17) is 19.3 Å². The molecule has 0 amide bonds. The molecule has 1 aromatic carbocycles. The van der Waals surface area contributed by atoms with Gasteiger partial charge in [-0.05, 0) is 37.3 Å². The molecule has 0 radical (unpaired) electrons. The third kappa shape index (κ3) is 3.47. The molecule has 0 aromatic heterocycles. The highest BCUT2D eigenvalue weighted by atomic mass is 16.5. The van der Waals surface area contributed by atoms with Gasteiger partial charge in [0.2, 0.25) is 0 Å². The first-order valence-corrected chi connectivity index (χ1v) is 7.49. The second-order valence-corrected chi connectivity index (χ2v) is 5.54. The minimum absolute atomic E-state index is 0.397. The molecule has 2 unspecified atom stereocenters. The van der Waals surface area contributed by atoms with Gasteiger partial charge in [0.15, 0.2) is 6.10 Å². The Labute approximate surface area is 123 Å². The molecular formula is C16H20O5. The highest BCUT2D eigenvalue weighted by molar-refractivity contribution is 5.74. The van der Waals surface area contributed by atoms with Crippen LogP contribution in [0.5, 0.6) is 11.5 Å². The van der Waals surface area contributed by atoms with Crippen molar-refractivity contribution < 1.29 is 24.1 Å². The molecule has 2 aliphatic heterocycles. The first kappa shape index (κ1) is 14.2. The van der Waals surface area contributed by atoms with E-state index in [0.29, 0.717) is 24.9 Å². The summed E-state index contributed by atoms with van der Waals surface area (Å²) in [5, 5.41) is 8.96. The van der Waals surface area contributed by atoms with E-state index in [9.17, 15) is 4.79 Å². The van der Waals surface area contributed by atoms with Gasteiger partial charge >= 0.3 is 5.97 Å². The van der Waals surface area contributed by atoms with Crippen molar-refractivity contribution in [3.63, 3.8) is 0 Å². The van der Waals surface area contributed by atoms with E-state index in [1.807, 2.05) is 12.1 Å². The van der Waals surface area contributed by atoms with Crippen LogP contribution in [0.15, 0.2) is 18.2 Å². The van der Waals surface area contributed by atoms with E-state index in [-0.39, 0.29) is 0 Å². The molecule has 1 N–H and O–H groups in total. The molecule has 1 fully saturated rings. The molecule has 1 aromatic rings. The fourth-order valence-corrected chi connectivity index (χ4v) is 2.81. The van der Waals surface area contributed by atoms with E-state index in [2.05, 4.69) is 0 Å². The number of aliphatic carboxylic acids is 1. The predicted molar refractivity (Wildman–Crippen MR) is 75.9 cm³/mol. The lowest BCUT2D eigenvalue weighted by Gasteiger charge is -2.10. The van der Waals surface area contributed by atoms with Crippen molar-refractivity contribution in [3.8, 4) is 11.5 Å². The van der Waals surface area contributed by atoms with Gasteiger partial charge < -0.3 is 19.3 Å². The fourth-order valence-electron chi connectivity index (χ4n) is 2.81. The maximum atomic E-state index is 10.9. The highest BCUT2D eigenvalue weighted by Crippen LogP contribution is 2.32. The zero-order chi connectivity index (χ0) is 14.7. The Balaban J connectivity index is 1.47. The molecule has 114 valence electrons. The SMILES string of the molecule is O=C(O)C1Cc2ccc(OCCCC3CCCO3)cc2O1. The van der Waals surface area contributed by atoms with Gasteiger partial charge in [0.25, 0.3) is 0 Å². The minimum atomic E-state index is -0.926. The summed E-state index contributed by atoms with van der Waals surface area (Å²) in [6, 6.07) is 5.54. The quantitative estimate of drug-likeness (QED) is 0.816. The van der Waals surface area contributed by atoms with Crippen molar-refractivity contribution in [2.24, 2.45) is 0 Å². The average molecular weight is 292 g/mol. The summed E-state index contributed by atoms with van der Waals surface area (Å²) in [6.07, 6.45) is 4.36. The van der Waals surface area contributed by atoms with Crippen molar-refractivity contribution in [2.45, 2.75) is 44.3 Å². The lowest BCUT2D eigenvalue weighted by Crippen LogP contribution is -2.24. The van der Waals surface area contributed by atoms with E-state index in [0.717, 1.165) is 37.2 Å². The molecule has 0 saturated carbocycles. The van der Waals surface area contributed by atoms with Crippen LogP contribution >= 0.6 is 0 Å². The Morgan fingerprint density at radius 2 is 2.33 bits per heavy atom. The van der Waals surface area contributed by atoms with Crippen molar-refractivity contribution >= 4 is 5.97 Å². The second-order valence-electron chi connectivity index (χ2n) is 5.54. The molecule has 0 spiro atoms. The molecule has 5 nitrogen and oxygen atoms in total. The summed E-state index contributed by atoms with van der Waals surface area (Å²) >= 11 is 0. The molecule has 0 aliphatic carbocycles. The molecule has 21 heavy (non-hydrogen) atoms. The number of benzene rings is 1. The van der Waals surface area contributed by atoms with Crippen LogP contribution in [-0.4, -0.2) is 36.5 Å². The summed E-state index contributed by atoms with van der Waals surface area (Å²) in [6.45, 7) is 1.53. The molecule has 2 heterocycles. The summed E-state index contributed by atoms with van der Waals surface area (Å²) in [7, 11) is 0. The predicted octanol–water partition coefficient (Wildman–Crippen LogP) is 2.41. The smallest absolute Gasteiger partial charge is 0.345 e. The van der Waals surface area contributed by atoms with E-state index in [1.54, 1.807) is 6.07 Å². The Morgan fingerprint density at radius 3 is 3.10 bits per heavy atom. The topological polar surface area (TPSA) is 65.0 Å². The molecule has 5 heteroatoms. The fraction of sp³-hybridized carbons (Fsp3) is 0.562. The standard InChI is InChI=1S/C16H20O5/c17-16(18)15-9-11-5-6-13(10-14(11)21-15)20-8-2-4-12-3-1-7-19-12/h5-6,10,12,15H,1-4,7-9H2,(H,17,18). The first-order chi connectivity index (χ1) is 10.2. The third-order valence-electron chi connectivity index (χ3n) is 3.95. The van der Waals surface area contributed by atoms with Crippen LogP contribution in [0.1, 0.15) is 31.2 Å². The maximum Gasteiger partial charge on any atom is 0.345 e. The van der Waals surface area contributed by atoms with Crippen molar-refractivity contribution in [3.05, 3.63) is 23.8 Å². The summed E-state index contributed by atoms with van der Waals surface area (Å²) in [5.74, 6) is 0.427. The number of carboxylic acids is 1. The molecular weight excluding hydrogens is 272 g/mol. The van der Waals surface area contributed by atoms with Gasteiger partial charge in [-0.25, -0.2) is 4.79 Å². The Hall–Kier alpha value is -1.75. The van der Waals surface area contributed by atoms with E-state index >= 15 is 0 Å². The summed E-state index contributed by atoms with van der Waals surface area (Å²) in [5.41, 5.74) is 0.925. The third-order valence-corrected chi connectivity index (χ3v) is 3.95. The largest absolute Gasteiger partial charge is 0.493 e. The van der Waals surface area contributed by atoms with Crippen LogP contribution in [0.4, 0.5) is 0 Å². The number of carbonyl (C=O) groups is 1. The van der Waals surface area contributed by atoms with Crippen LogP contribution < -0.4 is 9.47 Å². The molecule has 1 saturated heterocycles. The minimum Gasteiger partial charge on any atom is -0.493 e. The maximum absolute atomic E-state index is 10.9. The number of carboxylic acid groups (broad SMARTS) is 1. The van der Waals surface area contributed by atoms with Crippen molar-refractivity contribution in [1.29, 1.82) is 0 Å². The van der Waals surface area contributed by atoms with Gasteiger partial charge in [0.05, 0.1) is 12.7 Å². The van der Waals surface area contributed by atoms with E-state index < -0.39 is 12.1 Å². The molecule has 2 atom stereocenters. The zero-order valence-corrected chi connectivity index (χ0v) is 11.9. The van der Waals surface area contributed by atoms with Gasteiger partial charge in [0, 0.05) is 19.1 Å². The zero-order valence-electron chi connectivity index (χ0n) is 11.9. The Morgan fingerprint density at radius 1 is 1.43 bits per heavy atom. The van der Waals surface area contributed by atoms with Gasteiger partial charge in [-0.2, -0.15) is 0 Å². The second kappa shape index (κ2) is 6.35. The molecule has 3 rings (SSSR count). The highest BCUT2D eigenvalue weighted by Gasteiger charge is 2.28. The Bertz CT molecular complexity index is 507. The number of rotatable bonds is 6. The van der Waals surface area contributed by atoms with E-state index in [1.165, 1.54) is 6.42 Å².